The standard InChI is InChI=1S/C16H16ClF2NO/c1-10(2)20-9-14-15(17)4-3-5-16(14)21-13-7-11(18)6-12(19)8-13/h3-8,10,20H,9H2,1-2H3. The normalized spacial score (nSPS) is 11.0. The molecule has 0 heterocycles. The molecule has 0 aromatic heterocycles. The van der Waals surface area contributed by atoms with Gasteiger partial charge in [0, 0.05) is 41.4 Å². The van der Waals surface area contributed by atoms with E-state index in [0.717, 1.165) is 23.8 Å². The van der Waals surface area contributed by atoms with Crippen LogP contribution in [0.15, 0.2) is 36.4 Å². The van der Waals surface area contributed by atoms with Gasteiger partial charge in [-0.25, -0.2) is 8.78 Å². The van der Waals surface area contributed by atoms with Gasteiger partial charge in [-0.1, -0.05) is 31.5 Å². The predicted molar refractivity (Wildman–Crippen MR) is 79.9 cm³/mol. The molecule has 0 amide bonds. The number of halogens is 3. The Balaban J connectivity index is 2.28. The van der Waals surface area contributed by atoms with E-state index >= 15 is 0 Å². The summed E-state index contributed by atoms with van der Waals surface area (Å²) >= 11 is 6.17. The minimum absolute atomic E-state index is 0.0977. The van der Waals surface area contributed by atoms with Gasteiger partial charge >= 0.3 is 0 Å². The van der Waals surface area contributed by atoms with Gasteiger partial charge in [0.25, 0.3) is 0 Å². The van der Waals surface area contributed by atoms with Crippen LogP contribution in [0.1, 0.15) is 19.4 Å². The summed E-state index contributed by atoms with van der Waals surface area (Å²) in [5.41, 5.74) is 0.748. The van der Waals surface area contributed by atoms with Crippen molar-refractivity contribution in [2.24, 2.45) is 0 Å². The summed E-state index contributed by atoms with van der Waals surface area (Å²) in [6.07, 6.45) is 0. The average molecular weight is 312 g/mol. The molecule has 0 fully saturated rings. The lowest BCUT2D eigenvalue weighted by atomic mass is 10.2. The van der Waals surface area contributed by atoms with Gasteiger partial charge in [0.05, 0.1) is 0 Å². The third-order valence-electron chi connectivity index (χ3n) is 2.83. The van der Waals surface area contributed by atoms with Crippen LogP contribution in [0, 0.1) is 11.6 Å². The molecule has 0 radical (unpaired) electrons. The lowest BCUT2D eigenvalue weighted by Gasteiger charge is -2.15. The van der Waals surface area contributed by atoms with Crippen LogP contribution in [0.4, 0.5) is 8.78 Å². The van der Waals surface area contributed by atoms with E-state index in [4.69, 9.17) is 16.3 Å². The van der Waals surface area contributed by atoms with Gasteiger partial charge in [-0.05, 0) is 12.1 Å². The molecule has 0 atom stereocenters. The van der Waals surface area contributed by atoms with E-state index in [1.165, 1.54) is 0 Å². The summed E-state index contributed by atoms with van der Waals surface area (Å²) < 4.78 is 32.0. The van der Waals surface area contributed by atoms with Crippen molar-refractivity contribution < 1.29 is 13.5 Å². The molecule has 2 aromatic rings. The second-order valence-corrected chi connectivity index (χ2v) is 5.37. The summed E-state index contributed by atoms with van der Waals surface area (Å²) in [5, 5.41) is 3.78. The fraction of sp³-hybridized carbons (Fsp3) is 0.250. The third kappa shape index (κ3) is 4.41. The first-order valence-electron chi connectivity index (χ1n) is 6.60. The van der Waals surface area contributed by atoms with E-state index in [1.54, 1.807) is 18.2 Å². The van der Waals surface area contributed by atoms with Crippen LogP contribution >= 0.6 is 11.6 Å². The first-order valence-corrected chi connectivity index (χ1v) is 6.98. The van der Waals surface area contributed by atoms with Gasteiger partial charge < -0.3 is 10.1 Å². The van der Waals surface area contributed by atoms with Crippen molar-refractivity contribution >= 4 is 11.6 Å². The SMILES string of the molecule is CC(C)NCc1c(Cl)cccc1Oc1cc(F)cc(F)c1. The van der Waals surface area contributed by atoms with E-state index in [-0.39, 0.29) is 11.8 Å². The highest BCUT2D eigenvalue weighted by molar-refractivity contribution is 6.31. The molecule has 2 aromatic carbocycles. The van der Waals surface area contributed by atoms with E-state index in [1.807, 2.05) is 13.8 Å². The van der Waals surface area contributed by atoms with Crippen LogP contribution in [0.3, 0.4) is 0 Å². The molecule has 5 heteroatoms. The molecule has 0 aliphatic rings. The Morgan fingerprint density at radius 1 is 1.14 bits per heavy atom. The number of rotatable bonds is 5. The Morgan fingerprint density at radius 3 is 2.43 bits per heavy atom. The van der Waals surface area contributed by atoms with Crippen molar-refractivity contribution in [1.82, 2.24) is 5.32 Å². The highest BCUT2D eigenvalue weighted by Crippen LogP contribution is 2.31. The van der Waals surface area contributed by atoms with Gasteiger partial charge in [0.1, 0.15) is 23.1 Å². The number of benzene rings is 2. The summed E-state index contributed by atoms with van der Waals surface area (Å²) in [6.45, 7) is 4.53. The Kier molecular flexibility index (Phi) is 5.15. The number of ether oxygens (including phenoxy) is 1. The number of nitrogens with one attached hydrogen (secondary N) is 1. The first kappa shape index (κ1) is 15.7. The van der Waals surface area contributed by atoms with Crippen LogP contribution in [0.2, 0.25) is 5.02 Å². The summed E-state index contributed by atoms with van der Waals surface area (Å²) in [6, 6.07) is 8.52. The smallest absolute Gasteiger partial charge is 0.133 e. The maximum Gasteiger partial charge on any atom is 0.133 e. The molecule has 2 rings (SSSR count). The maximum atomic E-state index is 13.2. The molecule has 1 N–H and O–H groups in total. The fourth-order valence-electron chi connectivity index (χ4n) is 1.83. The van der Waals surface area contributed by atoms with Crippen LogP contribution in [-0.2, 0) is 6.54 Å². The van der Waals surface area contributed by atoms with Crippen LogP contribution in [0.25, 0.3) is 0 Å². The Labute approximate surface area is 127 Å². The van der Waals surface area contributed by atoms with E-state index in [0.29, 0.717) is 17.3 Å². The fourth-order valence-corrected chi connectivity index (χ4v) is 2.06. The van der Waals surface area contributed by atoms with E-state index in [9.17, 15) is 8.78 Å². The maximum absolute atomic E-state index is 13.2. The van der Waals surface area contributed by atoms with Gasteiger partial charge in [0.2, 0.25) is 0 Å². The monoisotopic (exact) mass is 311 g/mol. The second-order valence-electron chi connectivity index (χ2n) is 4.96. The largest absolute Gasteiger partial charge is 0.457 e. The first-order chi connectivity index (χ1) is 9.95. The molecular weight excluding hydrogens is 296 g/mol. The van der Waals surface area contributed by atoms with Crippen molar-refractivity contribution in [1.29, 1.82) is 0 Å². The second kappa shape index (κ2) is 6.87. The predicted octanol–water partition coefficient (Wildman–Crippen LogP) is 4.91. The van der Waals surface area contributed by atoms with Gasteiger partial charge in [-0.2, -0.15) is 0 Å². The molecule has 0 bridgehead atoms. The molecule has 0 aliphatic heterocycles. The van der Waals surface area contributed by atoms with Crippen molar-refractivity contribution in [3.63, 3.8) is 0 Å². The molecule has 0 saturated carbocycles. The Morgan fingerprint density at radius 2 is 1.81 bits per heavy atom. The van der Waals surface area contributed by atoms with Crippen molar-refractivity contribution in [2.75, 3.05) is 0 Å². The molecule has 0 unspecified atom stereocenters. The molecule has 2 nitrogen and oxygen atoms in total. The van der Waals surface area contributed by atoms with Crippen LogP contribution < -0.4 is 10.1 Å². The summed E-state index contributed by atoms with van der Waals surface area (Å²) in [4.78, 5) is 0. The lowest BCUT2D eigenvalue weighted by molar-refractivity contribution is 0.458. The van der Waals surface area contributed by atoms with E-state index < -0.39 is 11.6 Å². The minimum atomic E-state index is -0.686. The van der Waals surface area contributed by atoms with Gasteiger partial charge in [-0.15, -0.1) is 0 Å². The van der Waals surface area contributed by atoms with E-state index in [2.05, 4.69) is 5.32 Å². The average Bonchev–Trinajstić information content (AvgIpc) is 2.36. The highest BCUT2D eigenvalue weighted by atomic mass is 35.5. The highest BCUT2D eigenvalue weighted by Gasteiger charge is 2.11. The van der Waals surface area contributed by atoms with Crippen LogP contribution in [-0.4, -0.2) is 6.04 Å². The molecule has 0 spiro atoms. The molecule has 0 saturated heterocycles. The number of hydrogen-bond acceptors (Lipinski definition) is 2. The minimum Gasteiger partial charge on any atom is -0.457 e. The molecule has 21 heavy (non-hydrogen) atoms. The Hall–Kier alpha value is -1.65. The van der Waals surface area contributed by atoms with Crippen molar-refractivity contribution in [2.45, 2.75) is 26.4 Å². The van der Waals surface area contributed by atoms with Gasteiger partial charge in [-0.3, -0.25) is 0 Å². The lowest BCUT2D eigenvalue weighted by Crippen LogP contribution is -2.22. The molecule has 0 aliphatic carbocycles. The van der Waals surface area contributed by atoms with Gasteiger partial charge in [0.15, 0.2) is 0 Å². The summed E-state index contributed by atoms with van der Waals surface area (Å²) in [7, 11) is 0. The van der Waals surface area contributed by atoms with Crippen molar-refractivity contribution in [3.8, 4) is 11.5 Å². The zero-order valence-corrected chi connectivity index (χ0v) is 12.5. The zero-order valence-electron chi connectivity index (χ0n) is 11.8. The third-order valence-corrected chi connectivity index (χ3v) is 3.18. The Bertz CT molecular complexity index is 611. The van der Waals surface area contributed by atoms with Crippen LogP contribution in [0.5, 0.6) is 11.5 Å². The number of hydrogen-bond donors (Lipinski definition) is 1. The molecule has 112 valence electrons. The zero-order chi connectivity index (χ0) is 15.4. The quantitative estimate of drug-likeness (QED) is 0.847. The summed E-state index contributed by atoms with van der Waals surface area (Å²) in [5.74, 6) is -0.802. The molecular formula is C16H16ClF2NO. The van der Waals surface area contributed by atoms with Crippen molar-refractivity contribution in [3.05, 3.63) is 58.6 Å². The topological polar surface area (TPSA) is 21.3 Å².